The van der Waals surface area contributed by atoms with Crippen molar-refractivity contribution in [3.05, 3.63) is 33.3 Å². The molecule has 1 aromatic carbocycles. The Kier molecular flexibility index (Phi) is 4.08. The molecule has 1 N–H and O–H groups in total. The van der Waals surface area contributed by atoms with Crippen LogP contribution in [0.15, 0.2) is 12.1 Å². The standard InChI is InChI=1S/C10H11Cl2N.ClH/c1-6-8-5-10(12)9(11)4-7(8)2-3-13-6;/h4-6,13H,2-3H2,1H3;1H. The van der Waals surface area contributed by atoms with Crippen LogP contribution in [0.3, 0.4) is 0 Å². The number of fused-ring (bicyclic) bond motifs is 1. The van der Waals surface area contributed by atoms with Crippen molar-refractivity contribution in [1.82, 2.24) is 5.32 Å². The van der Waals surface area contributed by atoms with E-state index in [-0.39, 0.29) is 12.4 Å². The summed E-state index contributed by atoms with van der Waals surface area (Å²) in [5.41, 5.74) is 2.60. The summed E-state index contributed by atoms with van der Waals surface area (Å²) in [6.07, 6.45) is 1.04. The topological polar surface area (TPSA) is 12.0 Å². The van der Waals surface area contributed by atoms with Crippen LogP contribution in [0.5, 0.6) is 0 Å². The van der Waals surface area contributed by atoms with Gasteiger partial charge in [-0.15, -0.1) is 12.4 Å². The first-order valence-corrected chi connectivity index (χ1v) is 5.15. The van der Waals surface area contributed by atoms with E-state index in [0.717, 1.165) is 13.0 Å². The normalized spacial score (nSPS) is 19.8. The summed E-state index contributed by atoms with van der Waals surface area (Å²) >= 11 is 11.9. The largest absolute Gasteiger partial charge is 0.310 e. The van der Waals surface area contributed by atoms with Crippen LogP contribution in [0.2, 0.25) is 10.0 Å². The Morgan fingerprint density at radius 3 is 2.64 bits per heavy atom. The Morgan fingerprint density at radius 2 is 1.93 bits per heavy atom. The van der Waals surface area contributed by atoms with Crippen molar-refractivity contribution in [3.63, 3.8) is 0 Å². The van der Waals surface area contributed by atoms with Crippen LogP contribution in [-0.4, -0.2) is 6.54 Å². The molecular formula is C10H12Cl3N. The van der Waals surface area contributed by atoms with E-state index in [4.69, 9.17) is 23.2 Å². The second-order valence-electron chi connectivity index (χ2n) is 3.39. The van der Waals surface area contributed by atoms with Gasteiger partial charge in [-0.1, -0.05) is 23.2 Å². The molecule has 14 heavy (non-hydrogen) atoms. The third-order valence-corrected chi connectivity index (χ3v) is 3.22. The van der Waals surface area contributed by atoms with E-state index < -0.39 is 0 Å². The second-order valence-corrected chi connectivity index (χ2v) is 4.21. The average Bonchev–Trinajstić information content (AvgIpc) is 2.09. The summed E-state index contributed by atoms with van der Waals surface area (Å²) in [4.78, 5) is 0. The molecule has 0 saturated carbocycles. The first kappa shape index (κ1) is 12.1. The molecule has 1 unspecified atom stereocenters. The van der Waals surface area contributed by atoms with E-state index in [1.165, 1.54) is 11.1 Å². The van der Waals surface area contributed by atoms with Gasteiger partial charge < -0.3 is 5.32 Å². The highest BCUT2D eigenvalue weighted by atomic mass is 35.5. The van der Waals surface area contributed by atoms with Gasteiger partial charge in [-0.05, 0) is 43.1 Å². The number of hydrogen-bond donors (Lipinski definition) is 1. The molecule has 2 rings (SSSR count). The van der Waals surface area contributed by atoms with Crippen molar-refractivity contribution < 1.29 is 0 Å². The summed E-state index contributed by atoms with van der Waals surface area (Å²) < 4.78 is 0. The van der Waals surface area contributed by atoms with Crippen molar-refractivity contribution in [2.45, 2.75) is 19.4 Å². The van der Waals surface area contributed by atoms with Crippen molar-refractivity contribution in [2.24, 2.45) is 0 Å². The summed E-state index contributed by atoms with van der Waals surface area (Å²) in [7, 11) is 0. The third kappa shape index (κ3) is 2.17. The molecule has 0 radical (unpaired) electrons. The Labute approximate surface area is 100 Å². The maximum absolute atomic E-state index is 5.95. The lowest BCUT2D eigenvalue weighted by Gasteiger charge is -2.24. The van der Waals surface area contributed by atoms with Crippen LogP contribution in [0.1, 0.15) is 24.1 Å². The smallest absolute Gasteiger partial charge is 0.0595 e. The first-order valence-electron chi connectivity index (χ1n) is 4.39. The van der Waals surface area contributed by atoms with E-state index in [1.54, 1.807) is 0 Å². The van der Waals surface area contributed by atoms with E-state index in [2.05, 4.69) is 12.2 Å². The molecule has 0 saturated heterocycles. The molecule has 4 heteroatoms. The minimum absolute atomic E-state index is 0. The van der Waals surface area contributed by atoms with Crippen LogP contribution >= 0.6 is 35.6 Å². The minimum atomic E-state index is 0. The predicted molar refractivity (Wildman–Crippen MR) is 63.8 cm³/mol. The molecule has 1 heterocycles. The molecule has 1 aliphatic rings. The van der Waals surface area contributed by atoms with Crippen molar-refractivity contribution >= 4 is 35.6 Å². The number of halogens is 3. The molecule has 1 aliphatic heterocycles. The summed E-state index contributed by atoms with van der Waals surface area (Å²) in [5.74, 6) is 0. The third-order valence-electron chi connectivity index (χ3n) is 2.49. The molecule has 0 aromatic heterocycles. The number of rotatable bonds is 0. The molecular weight excluding hydrogens is 240 g/mol. The van der Waals surface area contributed by atoms with Gasteiger partial charge in [-0.25, -0.2) is 0 Å². The van der Waals surface area contributed by atoms with E-state index in [1.807, 2.05) is 12.1 Å². The lowest BCUT2D eigenvalue weighted by atomic mass is 9.95. The van der Waals surface area contributed by atoms with Gasteiger partial charge in [0.2, 0.25) is 0 Å². The van der Waals surface area contributed by atoms with E-state index in [9.17, 15) is 0 Å². The predicted octanol–water partition coefficient (Wildman–Crippen LogP) is 3.62. The van der Waals surface area contributed by atoms with Gasteiger partial charge in [0, 0.05) is 6.04 Å². The lowest BCUT2D eigenvalue weighted by Crippen LogP contribution is -2.27. The highest BCUT2D eigenvalue weighted by Crippen LogP contribution is 2.31. The fourth-order valence-corrected chi connectivity index (χ4v) is 2.11. The molecule has 0 bridgehead atoms. The molecule has 0 spiro atoms. The zero-order valence-corrected chi connectivity index (χ0v) is 10.1. The summed E-state index contributed by atoms with van der Waals surface area (Å²) in [6.45, 7) is 3.16. The van der Waals surface area contributed by atoms with Crippen molar-refractivity contribution in [3.8, 4) is 0 Å². The highest BCUT2D eigenvalue weighted by molar-refractivity contribution is 6.42. The van der Waals surface area contributed by atoms with Crippen LogP contribution < -0.4 is 5.32 Å². The molecule has 1 atom stereocenters. The zero-order valence-electron chi connectivity index (χ0n) is 7.81. The first-order chi connectivity index (χ1) is 6.18. The van der Waals surface area contributed by atoms with Gasteiger partial charge >= 0.3 is 0 Å². The Bertz CT molecular complexity index is 338. The van der Waals surface area contributed by atoms with Crippen LogP contribution in [0.4, 0.5) is 0 Å². The van der Waals surface area contributed by atoms with Crippen LogP contribution in [-0.2, 0) is 6.42 Å². The lowest BCUT2D eigenvalue weighted by molar-refractivity contribution is 0.541. The van der Waals surface area contributed by atoms with Gasteiger partial charge in [0.1, 0.15) is 0 Å². The molecule has 0 amide bonds. The van der Waals surface area contributed by atoms with Crippen LogP contribution in [0, 0.1) is 0 Å². The van der Waals surface area contributed by atoms with Gasteiger partial charge in [0.05, 0.1) is 10.0 Å². The van der Waals surface area contributed by atoms with Crippen LogP contribution in [0.25, 0.3) is 0 Å². The zero-order chi connectivity index (χ0) is 9.42. The molecule has 0 fully saturated rings. The van der Waals surface area contributed by atoms with Crippen molar-refractivity contribution in [1.29, 1.82) is 0 Å². The van der Waals surface area contributed by atoms with Crippen molar-refractivity contribution in [2.75, 3.05) is 6.54 Å². The molecule has 1 nitrogen and oxygen atoms in total. The highest BCUT2D eigenvalue weighted by Gasteiger charge is 2.16. The molecule has 78 valence electrons. The molecule has 1 aromatic rings. The van der Waals surface area contributed by atoms with E-state index >= 15 is 0 Å². The summed E-state index contributed by atoms with van der Waals surface area (Å²) in [5, 5.41) is 4.69. The fraction of sp³-hybridized carbons (Fsp3) is 0.400. The second kappa shape index (κ2) is 4.71. The Morgan fingerprint density at radius 1 is 1.29 bits per heavy atom. The Hall–Kier alpha value is 0.0500. The minimum Gasteiger partial charge on any atom is -0.310 e. The summed E-state index contributed by atoms with van der Waals surface area (Å²) in [6, 6.07) is 4.34. The maximum Gasteiger partial charge on any atom is 0.0595 e. The van der Waals surface area contributed by atoms with Gasteiger partial charge in [-0.3, -0.25) is 0 Å². The number of hydrogen-bond acceptors (Lipinski definition) is 1. The average molecular weight is 253 g/mol. The fourth-order valence-electron chi connectivity index (χ4n) is 1.76. The Balaban J connectivity index is 0.000000980. The van der Waals surface area contributed by atoms with Gasteiger partial charge in [0.15, 0.2) is 0 Å². The maximum atomic E-state index is 5.95. The quantitative estimate of drug-likeness (QED) is 0.744. The van der Waals surface area contributed by atoms with Gasteiger partial charge in [0.25, 0.3) is 0 Å². The van der Waals surface area contributed by atoms with E-state index in [0.29, 0.717) is 16.1 Å². The van der Waals surface area contributed by atoms with Gasteiger partial charge in [-0.2, -0.15) is 0 Å². The molecule has 0 aliphatic carbocycles. The SMILES string of the molecule is CC1NCCc2cc(Cl)c(Cl)cc21.Cl. The monoisotopic (exact) mass is 251 g/mol. The number of benzene rings is 1. The number of nitrogens with one attached hydrogen (secondary N) is 1.